The first-order valence-corrected chi connectivity index (χ1v) is 11.2. The molecule has 0 bridgehead atoms. The van der Waals surface area contributed by atoms with Gasteiger partial charge in [-0.15, -0.1) is 0 Å². The molecular formula is C24H23FN6O5. The molecule has 36 heavy (non-hydrogen) atoms. The summed E-state index contributed by atoms with van der Waals surface area (Å²) in [6.07, 6.45) is -2.63. The fraction of sp³-hybridized carbons (Fsp3) is 0.250. The number of aliphatic hydroxyl groups is 2. The van der Waals surface area contributed by atoms with E-state index in [1.165, 1.54) is 29.4 Å². The number of halogens is 1. The Kier molecular flexibility index (Phi) is 6.71. The van der Waals surface area contributed by atoms with E-state index in [1.54, 1.807) is 36.4 Å². The quantitative estimate of drug-likeness (QED) is 0.305. The SMILES string of the molecule is O=C(Nc1ccccc1)OC[C@H]1O[C@@H](n2cnc3c(NCc4cccc(F)c4)ncnc32)[C@H](O)[C@@H]1O. The maximum atomic E-state index is 13.5. The van der Waals surface area contributed by atoms with Crippen molar-refractivity contribution in [3.63, 3.8) is 0 Å². The van der Waals surface area contributed by atoms with Crippen LogP contribution in [-0.2, 0) is 16.0 Å². The monoisotopic (exact) mass is 494 g/mol. The number of para-hydroxylation sites is 1. The first-order chi connectivity index (χ1) is 17.5. The number of imidazole rings is 1. The number of carbonyl (C=O) groups is 1. The largest absolute Gasteiger partial charge is 0.446 e. The summed E-state index contributed by atoms with van der Waals surface area (Å²) in [5.74, 6) is 0.0712. The van der Waals surface area contributed by atoms with Crippen LogP contribution in [0.3, 0.4) is 0 Å². The van der Waals surface area contributed by atoms with Crippen molar-refractivity contribution in [2.75, 3.05) is 17.2 Å². The molecule has 2 aromatic heterocycles. The number of nitrogens with zero attached hydrogens (tertiary/aromatic N) is 4. The minimum atomic E-state index is -1.33. The van der Waals surface area contributed by atoms with Crippen LogP contribution in [0.25, 0.3) is 11.2 Å². The molecule has 186 valence electrons. The third kappa shape index (κ3) is 4.96. The summed E-state index contributed by atoms with van der Waals surface area (Å²) >= 11 is 0. The summed E-state index contributed by atoms with van der Waals surface area (Å²) < 4.78 is 25.9. The molecule has 0 spiro atoms. The highest BCUT2D eigenvalue weighted by atomic mass is 19.1. The Hall–Kier alpha value is -4.13. The van der Waals surface area contributed by atoms with Gasteiger partial charge in [0.25, 0.3) is 0 Å². The number of nitrogens with one attached hydrogen (secondary N) is 2. The molecular weight excluding hydrogens is 471 g/mol. The van der Waals surface area contributed by atoms with Gasteiger partial charge in [-0.05, 0) is 29.8 Å². The van der Waals surface area contributed by atoms with E-state index in [9.17, 15) is 19.4 Å². The zero-order valence-electron chi connectivity index (χ0n) is 18.9. The van der Waals surface area contributed by atoms with E-state index in [2.05, 4.69) is 25.6 Å². The predicted octanol–water partition coefficient (Wildman–Crippen LogP) is 2.45. The second kappa shape index (κ2) is 10.2. The van der Waals surface area contributed by atoms with Crippen molar-refractivity contribution >= 4 is 28.8 Å². The number of benzene rings is 2. The fourth-order valence-corrected chi connectivity index (χ4v) is 3.93. The maximum absolute atomic E-state index is 13.5. The maximum Gasteiger partial charge on any atom is 0.411 e. The molecule has 0 aliphatic carbocycles. The van der Waals surface area contributed by atoms with E-state index in [0.717, 1.165) is 5.56 Å². The Balaban J connectivity index is 1.26. The number of carbonyl (C=O) groups excluding carboxylic acids is 1. The molecule has 1 saturated heterocycles. The normalized spacial score (nSPS) is 21.4. The Morgan fingerprint density at radius 2 is 1.92 bits per heavy atom. The number of aromatic nitrogens is 4. The summed E-state index contributed by atoms with van der Waals surface area (Å²) in [5.41, 5.74) is 2.03. The lowest BCUT2D eigenvalue weighted by atomic mass is 10.1. The number of rotatable bonds is 7. The van der Waals surface area contributed by atoms with Crippen molar-refractivity contribution in [2.24, 2.45) is 0 Å². The summed E-state index contributed by atoms with van der Waals surface area (Å²) in [6.45, 7) is 0.0257. The smallest absolute Gasteiger partial charge is 0.411 e. The number of aliphatic hydroxyl groups excluding tert-OH is 2. The average Bonchev–Trinajstić information content (AvgIpc) is 3.43. The topological polar surface area (TPSA) is 144 Å². The molecule has 4 N–H and O–H groups in total. The molecule has 0 radical (unpaired) electrons. The van der Waals surface area contributed by atoms with Crippen molar-refractivity contribution < 1.29 is 28.9 Å². The highest BCUT2D eigenvalue weighted by molar-refractivity contribution is 5.84. The number of fused-ring (bicyclic) bond motifs is 1. The van der Waals surface area contributed by atoms with Crippen LogP contribution in [0.15, 0.2) is 67.3 Å². The minimum absolute atomic E-state index is 0.282. The molecule has 11 nitrogen and oxygen atoms in total. The van der Waals surface area contributed by atoms with Crippen LogP contribution in [0.1, 0.15) is 11.8 Å². The molecule has 12 heteroatoms. The number of ether oxygens (including phenoxy) is 2. The molecule has 1 aliphatic heterocycles. The van der Waals surface area contributed by atoms with E-state index < -0.39 is 30.6 Å². The van der Waals surface area contributed by atoms with Crippen LogP contribution in [0.5, 0.6) is 0 Å². The zero-order chi connectivity index (χ0) is 25.1. The first-order valence-electron chi connectivity index (χ1n) is 11.2. The minimum Gasteiger partial charge on any atom is -0.446 e. The standard InChI is InChI=1S/C24H23FN6O5/c25-15-6-4-5-14(9-15)10-26-21-18-22(28-12-27-21)31(13-29-18)23-20(33)19(32)17(36-23)11-35-24(34)30-16-7-2-1-3-8-16/h1-9,12-13,17,19-20,23,32-33H,10-11H2,(H,30,34)(H,26,27,28)/t17-,19-,20-,23-/m1/s1. The molecule has 1 amide bonds. The van der Waals surface area contributed by atoms with Crippen LogP contribution in [0, 0.1) is 5.82 Å². The first kappa shape index (κ1) is 23.6. The molecule has 4 aromatic rings. The Labute approximate surface area is 204 Å². The third-order valence-electron chi connectivity index (χ3n) is 5.72. The van der Waals surface area contributed by atoms with E-state index >= 15 is 0 Å². The van der Waals surface area contributed by atoms with Gasteiger partial charge in [0.2, 0.25) is 0 Å². The fourth-order valence-electron chi connectivity index (χ4n) is 3.93. The van der Waals surface area contributed by atoms with Gasteiger partial charge in [0.1, 0.15) is 37.1 Å². The molecule has 0 saturated carbocycles. The van der Waals surface area contributed by atoms with Crippen LogP contribution in [0.2, 0.25) is 0 Å². The highest BCUT2D eigenvalue weighted by Gasteiger charge is 2.45. The average molecular weight is 494 g/mol. The molecule has 0 unspecified atom stereocenters. The summed E-state index contributed by atoms with van der Waals surface area (Å²) in [4.78, 5) is 24.9. The molecule has 5 rings (SSSR count). The molecule has 1 aliphatic rings. The second-order valence-electron chi connectivity index (χ2n) is 8.17. The van der Waals surface area contributed by atoms with Gasteiger partial charge < -0.3 is 25.0 Å². The van der Waals surface area contributed by atoms with Crippen LogP contribution in [0.4, 0.5) is 20.7 Å². The van der Waals surface area contributed by atoms with Crippen molar-refractivity contribution in [1.82, 2.24) is 19.5 Å². The Morgan fingerprint density at radius 3 is 2.72 bits per heavy atom. The van der Waals surface area contributed by atoms with Gasteiger partial charge in [0.15, 0.2) is 23.2 Å². The lowest BCUT2D eigenvalue weighted by molar-refractivity contribution is -0.0522. The highest BCUT2D eigenvalue weighted by Crippen LogP contribution is 2.32. The molecule has 4 atom stereocenters. The lowest BCUT2D eigenvalue weighted by Gasteiger charge is -2.16. The van der Waals surface area contributed by atoms with E-state index in [4.69, 9.17) is 9.47 Å². The second-order valence-corrected chi connectivity index (χ2v) is 8.17. The summed E-state index contributed by atoms with van der Waals surface area (Å²) in [5, 5.41) is 26.8. The van der Waals surface area contributed by atoms with Crippen LogP contribution in [-0.4, -0.2) is 60.7 Å². The van der Waals surface area contributed by atoms with E-state index in [-0.39, 0.29) is 12.4 Å². The van der Waals surface area contributed by atoms with E-state index in [0.29, 0.717) is 29.2 Å². The van der Waals surface area contributed by atoms with Gasteiger partial charge in [-0.1, -0.05) is 30.3 Å². The van der Waals surface area contributed by atoms with Crippen molar-refractivity contribution in [3.8, 4) is 0 Å². The summed E-state index contributed by atoms with van der Waals surface area (Å²) in [7, 11) is 0. The van der Waals surface area contributed by atoms with Crippen molar-refractivity contribution in [1.29, 1.82) is 0 Å². The van der Waals surface area contributed by atoms with Gasteiger partial charge in [0.05, 0.1) is 6.33 Å². The Bertz CT molecular complexity index is 1350. The van der Waals surface area contributed by atoms with Crippen LogP contribution >= 0.6 is 0 Å². The third-order valence-corrected chi connectivity index (χ3v) is 5.72. The van der Waals surface area contributed by atoms with Crippen LogP contribution < -0.4 is 10.6 Å². The van der Waals surface area contributed by atoms with Crippen molar-refractivity contribution in [2.45, 2.75) is 31.1 Å². The van der Waals surface area contributed by atoms with Gasteiger partial charge in [-0.2, -0.15) is 0 Å². The lowest BCUT2D eigenvalue weighted by Crippen LogP contribution is -2.34. The predicted molar refractivity (Wildman–Crippen MR) is 126 cm³/mol. The Morgan fingerprint density at radius 1 is 1.08 bits per heavy atom. The number of anilines is 2. The summed E-state index contributed by atoms with van der Waals surface area (Å²) in [6, 6.07) is 14.9. The number of hydrogen-bond acceptors (Lipinski definition) is 9. The number of amides is 1. The van der Waals surface area contributed by atoms with Gasteiger partial charge in [0, 0.05) is 12.2 Å². The zero-order valence-corrected chi connectivity index (χ0v) is 18.9. The van der Waals surface area contributed by atoms with Gasteiger partial charge >= 0.3 is 6.09 Å². The number of hydrogen-bond donors (Lipinski definition) is 4. The van der Waals surface area contributed by atoms with Gasteiger partial charge in [-0.3, -0.25) is 9.88 Å². The van der Waals surface area contributed by atoms with Gasteiger partial charge in [-0.25, -0.2) is 24.1 Å². The molecule has 3 heterocycles. The van der Waals surface area contributed by atoms with Crippen molar-refractivity contribution in [3.05, 3.63) is 78.6 Å². The van der Waals surface area contributed by atoms with E-state index in [1.807, 2.05) is 6.07 Å². The molecule has 2 aromatic carbocycles. The molecule has 1 fully saturated rings.